The number of hydrogen-bond donors (Lipinski definition) is 1. The molecular formula is C22H24BrN3O. The van der Waals surface area contributed by atoms with Crippen LogP contribution in [0.5, 0.6) is 5.75 Å². The summed E-state index contributed by atoms with van der Waals surface area (Å²) >= 11 is 3.60. The number of nitrogens with zero attached hydrogens (tertiary/aromatic N) is 2. The summed E-state index contributed by atoms with van der Waals surface area (Å²) < 4.78 is 8.72. The number of aryl methyl sites for hydroxylation is 2. The van der Waals surface area contributed by atoms with Gasteiger partial charge in [0.25, 0.3) is 0 Å². The van der Waals surface area contributed by atoms with E-state index in [4.69, 9.17) is 9.84 Å². The Kier molecular flexibility index (Phi) is 4.96. The van der Waals surface area contributed by atoms with Crippen LogP contribution in [0.15, 0.2) is 40.9 Å². The lowest BCUT2D eigenvalue weighted by atomic mass is 10.0. The van der Waals surface area contributed by atoms with Crippen molar-refractivity contribution in [2.45, 2.75) is 33.1 Å². The third-order valence-corrected chi connectivity index (χ3v) is 5.77. The Labute approximate surface area is 168 Å². The fourth-order valence-corrected chi connectivity index (χ4v) is 3.99. The highest BCUT2D eigenvalue weighted by Crippen LogP contribution is 2.39. The van der Waals surface area contributed by atoms with Crippen LogP contribution in [0.4, 0.5) is 5.82 Å². The summed E-state index contributed by atoms with van der Waals surface area (Å²) in [5, 5.41) is 8.66. The van der Waals surface area contributed by atoms with Crippen LogP contribution in [0.1, 0.15) is 29.5 Å². The predicted octanol–water partition coefficient (Wildman–Crippen LogP) is 5.68. The standard InChI is InChI=1S/C22H24BrN3O/c1-14-7-9-17(12-15(14)2)26-22-18(6-4-5-11-24-22)21(25-26)19-13-16(23)8-10-20(19)27-3/h7-10,12-13,24H,4-6,11H2,1-3H3. The van der Waals surface area contributed by atoms with Crippen molar-refractivity contribution in [3.8, 4) is 22.7 Å². The number of anilines is 1. The SMILES string of the molecule is COc1ccc(Br)cc1-c1nn(-c2ccc(C)c(C)c2)c2c1CCCCN2. The van der Waals surface area contributed by atoms with Gasteiger partial charge in [-0.15, -0.1) is 0 Å². The van der Waals surface area contributed by atoms with Gasteiger partial charge in [-0.2, -0.15) is 5.10 Å². The molecule has 0 aliphatic carbocycles. The average molecular weight is 426 g/mol. The van der Waals surface area contributed by atoms with Gasteiger partial charge < -0.3 is 10.1 Å². The summed E-state index contributed by atoms with van der Waals surface area (Å²) in [6.45, 7) is 5.25. The first kappa shape index (κ1) is 18.1. The molecule has 1 aliphatic rings. The molecule has 0 fully saturated rings. The summed E-state index contributed by atoms with van der Waals surface area (Å²) in [6.07, 6.45) is 3.33. The van der Waals surface area contributed by atoms with E-state index >= 15 is 0 Å². The second-order valence-corrected chi connectivity index (χ2v) is 8.00. The van der Waals surface area contributed by atoms with Gasteiger partial charge in [0.1, 0.15) is 17.3 Å². The van der Waals surface area contributed by atoms with Gasteiger partial charge in [0.05, 0.1) is 12.8 Å². The Balaban J connectivity index is 1.95. The molecule has 4 nitrogen and oxygen atoms in total. The van der Waals surface area contributed by atoms with Gasteiger partial charge in [-0.1, -0.05) is 22.0 Å². The number of fused-ring (bicyclic) bond motifs is 1. The molecule has 0 saturated heterocycles. The molecule has 1 aliphatic heterocycles. The first-order valence-corrected chi connectivity index (χ1v) is 10.1. The van der Waals surface area contributed by atoms with E-state index in [1.165, 1.54) is 16.7 Å². The average Bonchev–Trinajstić information content (AvgIpc) is 2.85. The maximum Gasteiger partial charge on any atom is 0.133 e. The molecule has 0 spiro atoms. The fourth-order valence-electron chi connectivity index (χ4n) is 3.63. The van der Waals surface area contributed by atoms with Crippen LogP contribution in [0, 0.1) is 13.8 Å². The Morgan fingerprint density at radius 2 is 1.93 bits per heavy atom. The molecular weight excluding hydrogens is 402 g/mol. The van der Waals surface area contributed by atoms with Crippen LogP contribution < -0.4 is 10.1 Å². The molecule has 5 heteroatoms. The van der Waals surface area contributed by atoms with Crippen molar-refractivity contribution in [3.63, 3.8) is 0 Å². The van der Waals surface area contributed by atoms with E-state index in [2.05, 4.69) is 64.0 Å². The lowest BCUT2D eigenvalue weighted by Crippen LogP contribution is -2.07. The lowest BCUT2D eigenvalue weighted by molar-refractivity contribution is 0.416. The molecule has 1 N–H and O–H groups in total. The zero-order chi connectivity index (χ0) is 19.0. The van der Waals surface area contributed by atoms with Gasteiger partial charge >= 0.3 is 0 Å². The van der Waals surface area contributed by atoms with Crippen LogP contribution in [0.2, 0.25) is 0 Å². The molecule has 0 atom stereocenters. The Hall–Kier alpha value is -2.27. The maximum atomic E-state index is 5.64. The largest absolute Gasteiger partial charge is 0.496 e. The highest BCUT2D eigenvalue weighted by Gasteiger charge is 2.23. The molecule has 2 aromatic carbocycles. The smallest absolute Gasteiger partial charge is 0.133 e. The van der Waals surface area contributed by atoms with Crippen LogP contribution in [-0.2, 0) is 6.42 Å². The van der Waals surface area contributed by atoms with Crippen LogP contribution >= 0.6 is 15.9 Å². The van der Waals surface area contributed by atoms with Gasteiger partial charge in [0, 0.05) is 22.1 Å². The van der Waals surface area contributed by atoms with Crippen molar-refractivity contribution in [3.05, 3.63) is 57.6 Å². The van der Waals surface area contributed by atoms with Crippen molar-refractivity contribution in [1.29, 1.82) is 0 Å². The minimum atomic E-state index is 0.843. The number of methoxy groups -OCH3 is 1. The summed E-state index contributed by atoms with van der Waals surface area (Å²) in [5.41, 5.74) is 6.93. The van der Waals surface area contributed by atoms with Crippen molar-refractivity contribution in [2.75, 3.05) is 19.0 Å². The molecule has 0 saturated carbocycles. The monoisotopic (exact) mass is 425 g/mol. The van der Waals surface area contributed by atoms with Gasteiger partial charge in [0.15, 0.2) is 0 Å². The number of ether oxygens (including phenoxy) is 1. The van der Waals surface area contributed by atoms with Crippen LogP contribution in [0.25, 0.3) is 16.9 Å². The minimum Gasteiger partial charge on any atom is -0.496 e. The molecule has 0 radical (unpaired) electrons. The molecule has 0 unspecified atom stereocenters. The summed E-state index contributed by atoms with van der Waals surface area (Å²) in [5.74, 6) is 1.95. The van der Waals surface area contributed by atoms with Gasteiger partial charge in [-0.25, -0.2) is 4.68 Å². The second-order valence-electron chi connectivity index (χ2n) is 7.08. The van der Waals surface area contributed by atoms with E-state index in [1.807, 2.05) is 12.1 Å². The highest BCUT2D eigenvalue weighted by atomic mass is 79.9. The number of halogens is 1. The molecule has 3 aromatic rings. The minimum absolute atomic E-state index is 0.843. The topological polar surface area (TPSA) is 39.1 Å². The van der Waals surface area contributed by atoms with Crippen molar-refractivity contribution in [2.24, 2.45) is 0 Å². The summed E-state index contributed by atoms with van der Waals surface area (Å²) in [6, 6.07) is 12.6. The number of hydrogen-bond acceptors (Lipinski definition) is 3. The van der Waals surface area contributed by atoms with E-state index in [1.54, 1.807) is 7.11 Å². The molecule has 0 bridgehead atoms. The van der Waals surface area contributed by atoms with Crippen molar-refractivity contribution < 1.29 is 4.74 Å². The zero-order valence-electron chi connectivity index (χ0n) is 16.0. The highest BCUT2D eigenvalue weighted by molar-refractivity contribution is 9.10. The molecule has 2 heterocycles. The molecule has 140 valence electrons. The first-order chi connectivity index (χ1) is 13.1. The second kappa shape index (κ2) is 7.39. The van der Waals surface area contributed by atoms with Gasteiger partial charge in [-0.3, -0.25) is 0 Å². The van der Waals surface area contributed by atoms with Crippen LogP contribution in [0.3, 0.4) is 0 Å². The zero-order valence-corrected chi connectivity index (χ0v) is 17.6. The molecule has 1 aromatic heterocycles. The van der Waals surface area contributed by atoms with Crippen LogP contribution in [-0.4, -0.2) is 23.4 Å². The molecule has 0 amide bonds. The van der Waals surface area contributed by atoms with E-state index in [-0.39, 0.29) is 0 Å². The quantitative estimate of drug-likeness (QED) is 0.586. The summed E-state index contributed by atoms with van der Waals surface area (Å²) in [7, 11) is 1.71. The number of benzene rings is 2. The normalized spacial score (nSPS) is 13.6. The summed E-state index contributed by atoms with van der Waals surface area (Å²) in [4.78, 5) is 0. The van der Waals surface area contributed by atoms with E-state index in [9.17, 15) is 0 Å². The lowest BCUT2D eigenvalue weighted by Gasteiger charge is -2.10. The molecule has 4 rings (SSSR count). The predicted molar refractivity (Wildman–Crippen MR) is 114 cm³/mol. The Morgan fingerprint density at radius 3 is 2.70 bits per heavy atom. The van der Waals surface area contributed by atoms with Crippen molar-refractivity contribution >= 4 is 21.7 Å². The number of nitrogens with one attached hydrogen (secondary N) is 1. The van der Waals surface area contributed by atoms with E-state index < -0.39 is 0 Å². The Bertz CT molecular complexity index is 993. The Morgan fingerprint density at radius 1 is 1.07 bits per heavy atom. The van der Waals surface area contributed by atoms with Gasteiger partial charge in [0.2, 0.25) is 0 Å². The van der Waals surface area contributed by atoms with Crippen molar-refractivity contribution in [1.82, 2.24) is 9.78 Å². The fraction of sp³-hybridized carbons (Fsp3) is 0.318. The van der Waals surface area contributed by atoms with E-state index in [0.717, 1.165) is 58.8 Å². The number of rotatable bonds is 3. The maximum absolute atomic E-state index is 5.64. The van der Waals surface area contributed by atoms with Gasteiger partial charge in [-0.05, 0) is 74.6 Å². The third-order valence-electron chi connectivity index (χ3n) is 5.28. The first-order valence-electron chi connectivity index (χ1n) is 9.36. The number of aromatic nitrogens is 2. The molecule has 27 heavy (non-hydrogen) atoms. The third kappa shape index (κ3) is 3.36. The van der Waals surface area contributed by atoms with E-state index in [0.29, 0.717) is 0 Å².